The second kappa shape index (κ2) is 12.6. The van der Waals surface area contributed by atoms with Gasteiger partial charge in [-0.2, -0.15) is 0 Å². The third kappa shape index (κ3) is 8.18. The summed E-state index contributed by atoms with van der Waals surface area (Å²) >= 11 is 0. The van der Waals surface area contributed by atoms with Crippen LogP contribution in [0.15, 0.2) is 30.3 Å². The van der Waals surface area contributed by atoms with Crippen LogP contribution in [0.1, 0.15) is 25.8 Å². The number of carboxylic acid groups (broad SMARTS) is 1. The van der Waals surface area contributed by atoms with Crippen LogP contribution in [0.4, 0.5) is 0 Å². The predicted molar refractivity (Wildman–Crippen MR) is 109 cm³/mol. The van der Waals surface area contributed by atoms with E-state index >= 15 is 0 Å². The Morgan fingerprint density at radius 2 is 1.70 bits per heavy atom. The van der Waals surface area contributed by atoms with Crippen LogP contribution >= 0.6 is 0 Å². The van der Waals surface area contributed by atoms with Crippen LogP contribution in [-0.2, 0) is 25.6 Å². The Kier molecular flexibility index (Phi) is 10.5. The third-order valence-electron chi connectivity index (χ3n) is 4.67. The summed E-state index contributed by atoms with van der Waals surface area (Å²) in [5.74, 6) is -3.44. The number of carbonyl (C=O) groups is 4. The zero-order valence-corrected chi connectivity index (χ0v) is 17.1. The van der Waals surface area contributed by atoms with Crippen LogP contribution in [-0.4, -0.2) is 65.2 Å². The summed E-state index contributed by atoms with van der Waals surface area (Å²) in [5, 5.41) is 25.5. The molecule has 30 heavy (non-hydrogen) atoms. The number of aliphatic carboxylic acids is 1. The molecule has 0 saturated carbocycles. The molecule has 0 aliphatic carbocycles. The summed E-state index contributed by atoms with van der Waals surface area (Å²) in [5.41, 5.74) is 6.26. The summed E-state index contributed by atoms with van der Waals surface area (Å²) in [4.78, 5) is 48.0. The van der Waals surface area contributed by atoms with E-state index in [2.05, 4.69) is 16.0 Å². The number of aliphatic hydroxyl groups excluding tert-OH is 1. The van der Waals surface area contributed by atoms with Crippen molar-refractivity contribution in [1.82, 2.24) is 16.0 Å². The van der Waals surface area contributed by atoms with E-state index in [-0.39, 0.29) is 12.3 Å². The van der Waals surface area contributed by atoms with E-state index in [4.69, 9.17) is 10.8 Å². The lowest BCUT2D eigenvalue weighted by Gasteiger charge is -2.22. The number of carboxylic acids is 1. The summed E-state index contributed by atoms with van der Waals surface area (Å²) in [6, 6.07) is 5.62. The Labute approximate surface area is 175 Å². The maximum Gasteiger partial charge on any atom is 0.326 e. The Balaban J connectivity index is 2.77. The summed E-state index contributed by atoms with van der Waals surface area (Å²) in [6.45, 7) is 2.47. The number of carbonyl (C=O) groups excluding carboxylic acids is 3. The van der Waals surface area contributed by atoms with Crippen LogP contribution in [0.3, 0.4) is 0 Å². The molecule has 1 aromatic carbocycles. The van der Waals surface area contributed by atoms with Gasteiger partial charge in [0.1, 0.15) is 18.1 Å². The molecular formula is C20H30N4O6. The van der Waals surface area contributed by atoms with E-state index in [0.29, 0.717) is 6.42 Å². The van der Waals surface area contributed by atoms with E-state index in [1.807, 2.05) is 6.92 Å². The Morgan fingerprint density at radius 3 is 2.23 bits per heavy atom. The molecule has 10 nitrogen and oxygen atoms in total. The number of hydrogen-bond donors (Lipinski definition) is 6. The molecule has 3 amide bonds. The lowest BCUT2D eigenvalue weighted by molar-refractivity contribution is -0.143. The van der Waals surface area contributed by atoms with E-state index in [9.17, 15) is 24.3 Å². The first kappa shape index (κ1) is 25.1. The van der Waals surface area contributed by atoms with Crippen molar-refractivity contribution in [2.24, 2.45) is 11.7 Å². The molecule has 4 atom stereocenters. The largest absolute Gasteiger partial charge is 0.480 e. The molecule has 0 aromatic heterocycles. The van der Waals surface area contributed by atoms with Gasteiger partial charge in [-0.05, 0) is 11.5 Å². The molecule has 0 aliphatic rings. The maximum atomic E-state index is 12.6. The zero-order chi connectivity index (χ0) is 22.7. The lowest BCUT2D eigenvalue weighted by atomic mass is 9.99. The molecule has 0 spiro atoms. The van der Waals surface area contributed by atoms with Crippen molar-refractivity contribution < 1.29 is 29.4 Å². The van der Waals surface area contributed by atoms with Gasteiger partial charge in [0.15, 0.2) is 0 Å². The number of hydrogen-bond acceptors (Lipinski definition) is 6. The highest BCUT2D eigenvalue weighted by Gasteiger charge is 2.27. The Bertz CT molecular complexity index is 727. The first-order valence-corrected chi connectivity index (χ1v) is 9.70. The second-order valence-corrected chi connectivity index (χ2v) is 7.03. The molecule has 7 N–H and O–H groups in total. The van der Waals surface area contributed by atoms with E-state index < -0.39 is 55.0 Å². The molecule has 0 fully saturated rings. The highest BCUT2D eigenvalue weighted by molar-refractivity contribution is 5.92. The van der Waals surface area contributed by atoms with Gasteiger partial charge in [-0.3, -0.25) is 14.4 Å². The Hall–Kier alpha value is -2.98. The first-order chi connectivity index (χ1) is 14.2. The molecule has 10 heteroatoms. The molecule has 1 rings (SSSR count). The molecule has 166 valence electrons. The predicted octanol–water partition coefficient (Wildman–Crippen LogP) is -1.23. The Morgan fingerprint density at radius 1 is 1.07 bits per heavy atom. The second-order valence-electron chi connectivity index (χ2n) is 7.03. The molecule has 0 aliphatic heterocycles. The number of aliphatic hydroxyl groups is 1. The van der Waals surface area contributed by atoms with Crippen molar-refractivity contribution in [3.05, 3.63) is 35.9 Å². The van der Waals surface area contributed by atoms with Gasteiger partial charge in [0, 0.05) is 6.42 Å². The number of amides is 3. The van der Waals surface area contributed by atoms with Gasteiger partial charge in [-0.25, -0.2) is 4.79 Å². The highest BCUT2D eigenvalue weighted by Crippen LogP contribution is 2.08. The monoisotopic (exact) mass is 422 g/mol. The molecule has 0 radical (unpaired) electrons. The van der Waals surface area contributed by atoms with Crippen molar-refractivity contribution in [3.63, 3.8) is 0 Å². The standard InChI is InChI=1S/C20H30N4O6/c1-3-12(2)17(20(29)30)24-16(26)10-22-19(28)15(23-18(27)14(21)11-25)9-13-7-5-4-6-8-13/h4-8,12,14-15,17,25H,3,9-11,21H2,1-2H3,(H,22,28)(H,23,27)(H,24,26)(H,29,30). The van der Waals surface area contributed by atoms with Crippen LogP contribution in [0.2, 0.25) is 0 Å². The number of nitrogens with one attached hydrogen (secondary N) is 3. The van der Waals surface area contributed by atoms with Crippen LogP contribution in [0, 0.1) is 5.92 Å². The molecule has 0 bridgehead atoms. The van der Waals surface area contributed by atoms with Crippen molar-refractivity contribution in [2.45, 2.75) is 44.8 Å². The normalized spacial score (nSPS) is 14.7. The van der Waals surface area contributed by atoms with E-state index in [1.165, 1.54) is 0 Å². The van der Waals surface area contributed by atoms with Crippen LogP contribution in [0.5, 0.6) is 0 Å². The molecular weight excluding hydrogens is 392 g/mol. The minimum Gasteiger partial charge on any atom is -0.480 e. The average Bonchev–Trinajstić information content (AvgIpc) is 2.74. The smallest absolute Gasteiger partial charge is 0.326 e. The summed E-state index contributed by atoms with van der Waals surface area (Å²) in [6.07, 6.45) is 0.697. The minimum atomic E-state index is -1.19. The topological polar surface area (TPSA) is 171 Å². The van der Waals surface area contributed by atoms with Gasteiger partial charge < -0.3 is 31.9 Å². The van der Waals surface area contributed by atoms with Gasteiger partial charge in [-0.1, -0.05) is 50.6 Å². The summed E-state index contributed by atoms with van der Waals surface area (Å²) in [7, 11) is 0. The first-order valence-electron chi connectivity index (χ1n) is 9.70. The fourth-order valence-electron chi connectivity index (χ4n) is 2.62. The van der Waals surface area contributed by atoms with Crippen LogP contribution in [0.25, 0.3) is 0 Å². The van der Waals surface area contributed by atoms with Crippen molar-refractivity contribution >= 4 is 23.7 Å². The van der Waals surface area contributed by atoms with Gasteiger partial charge >= 0.3 is 5.97 Å². The quantitative estimate of drug-likeness (QED) is 0.245. The highest BCUT2D eigenvalue weighted by atomic mass is 16.4. The third-order valence-corrected chi connectivity index (χ3v) is 4.67. The SMILES string of the molecule is CCC(C)C(NC(=O)CNC(=O)C(Cc1ccccc1)NC(=O)C(N)CO)C(=O)O. The van der Waals surface area contributed by atoms with Crippen LogP contribution < -0.4 is 21.7 Å². The molecule has 0 heterocycles. The number of rotatable bonds is 12. The van der Waals surface area contributed by atoms with Crippen molar-refractivity contribution in [1.29, 1.82) is 0 Å². The van der Waals surface area contributed by atoms with Gasteiger partial charge in [0.2, 0.25) is 17.7 Å². The maximum absolute atomic E-state index is 12.6. The summed E-state index contributed by atoms with van der Waals surface area (Å²) < 4.78 is 0. The lowest BCUT2D eigenvalue weighted by Crippen LogP contribution is -2.55. The minimum absolute atomic E-state index is 0.142. The molecule has 4 unspecified atom stereocenters. The number of benzene rings is 1. The fourth-order valence-corrected chi connectivity index (χ4v) is 2.62. The average molecular weight is 422 g/mol. The fraction of sp³-hybridized carbons (Fsp3) is 0.500. The zero-order valence-electron chi connectivity index (χ0n) is 17.1. The van der Waals surface area contributed by atoms with Gasteiger partial charge in [0.25, 0.3) is 0 Å². The van der Waals surface area contributed by atoms with E-state index in [1.54, 1.807) is 37.3 Å². The van der Waals surface area contributed by atoms with Crippen molar-refractivity contribution in [3.8, 4) is 0 Å². The molecule has 1 aromatic rings. The van der Waals surface area contributed by atoms with E-state index in [0.717, 1.165) is 5.56 Å². The van der Waals surface area contributed by atoms with Gasteiger partial charge in [0.05, 0.1) is 13.2 Å². The van der Waals surface area contributed by atoms with Crippen molar-refractivity contribution in [2.75, 3.05) is 13.2 Å². The number of nitrogens with two attached hydrogens (primary N) is 1. The van der Waals surface area contributed by atoms with Gasteiger partial charge in [-0.15, -0.1) is 0 Å². The molecule has 0 saturated heterocycles.